The van der Waals surface area contributed by atoms with Crippen molar-refractivity contribution in [2.45, 2.75) is 51.9 Å². The minimum absolute atomic E-state index is 0.0195. The number of carbonyl (C=O) groups excluding carboxylic acids is 1. The highest BCUT2D eigenvalue weighted by atomic mass is 32.2. The Morgan fingerprint density at radius 1 is 1.45 bits per heavy atom. The highest BCUT2D eigenvalue weighted by molar-refractivity contribution is 7.99. The number of nitrogens with zero attached hydrogens (tertiary/aromatic N) is 3. The highest BCUT2D eigenvalue weighted by Gasteiger charge is 2.17. The van der Waals surface area contributed by atoms with E-state index < -0.39 is 0 Å². The lowest BCUT2D eigenvalue weighted by Gasteiger charge is -2.11. The molecule has 2 aromatic rings. The molecule has 22 heavy (non-hydrogen) atoms. The number of carbonyl (C=O) groups is 1. The Hall–Kier alpha value is -1.76. The summed E-state index contributed by atoms with van der Waals surface area (Å²) >= 11 is 1.40. The van der Waals surface area contributed by atoms with Gasteiger partial charge in [0.25, 0.3) is 0 Å². The molecule has 0 aromatic carbocycles. The van der Waals surface area contributed by atoms with Crippen molar-refractivity contribution in [2.75, 3.05) is 5.75 Å². The van der Waals surface area contributed by atoms with Crippen molar-refractivity contribution in [2.24, 2.45) is 0 Å². The Morgan fingerprint density at radius 2 is 2.23 bits per heavy atom. The summed E-state index contributed by atoms with van der Waals surface area (Å²) in [6, 6.07) is 2.08. The molecule has 2 rings (SSSR count). The fourth-order valence-electron chi connectivity index (χ4n) is 2.05. The molecule has 7 heteroatoms. The van der Waals surface area contributed by atoms with Crippen molar-refractivity contribution in [1.29, 1.82) is 0 Å². The van der Waals surface area contributed by atoms with E-state index in [2.05, 4.69) is 15.5 Å². The molecule has 1 amide bonds. The van der Waals surface area contributed by atoms with E-state index in [1.165, 1.54) is 11.8 Å². The quantitative estimate of drug-likeness (QED) is 0.794. The van der Waals surface area contributed by atoms with Gasteiger partial charge in [0, 0.05) is 12.6 Å². The standard InChI is InChI=1S/C15H22N4O2S/c1-5-10(3)16-13(20)9-22-15-18-17-14(19(15)6-2)12-7-8-21-11(12)4/h7-8,10H,5-6,9H2,1-4H3,(H,16,20)/t10-/m0/s1. The lowest BCUT2D eigenvalue weighted by Crippen LogP contribution is -2.33. The van der Waals surface area contributed by atoms with Crippen molar-refractivity contribution in [3.05, 3.63) is 18.1 Å². The number of amides is 1. The van der Waals surface area contributed by atoms with Crippen molar-refractivity contribution in [3.8, 4) is 11.4 Å². The first-order chi connectivity index (χ1) is 10.6. The first-order valence-electron chi connectivity index (χ1n) is 7.46. The minimum Gasteiger partial charge on any atom is -0.469 e. The molecule has 0 unspecified atom stereocenters. The van der Waals surface area contributed by atoms with E-state index in [1.807, 2.05) is 38.3 Å². The van der Waals surface area contributed by atoms with E-state index in [0.29, 0.717) is 5.75 Å². The molecular weight excluding hydrogens is 300 g/mol. The Labute approximate surface area is 134 Å². The molecule has 0 saturated carbocycles. The summed E-state index contributed by atoms with van der Waals surface area (Å²) in [7, 11) is 0. The number of nitrogens with one attached hydrogen (secondary N) is 1. The molecule has 120 valence electrons. The second kappa shape index (κ2) is 7.49. The van der Waals surface area contributed by atoms with E-state index in [4.69, 9.17) is 4.42 Å². The molecular formula is C15H22N4O2S. The molecule has 2 aromatic heterocycles. The van der Waals surface area contributed by atoms with Gasteiger partial charge in [-0.25, -0.2) is 0 Å². The van der Waals surface area contributed by atoms with Gasteiger partial charge in [-0.05, 0) is 33.3 Å². The molecule has 6 nitrogen and oxygen atoms in total. The van der Waals surface area contributed by atoms with Gasteiger partial charge in [-0.2, -0.15) is 0 Å². The van der Waals surface area contributed by atoms with Crippen molar-refractivity contribution in [3.63, 3.8) is 0 Å². The first kappa shape index (κ1) is 16.6. The third-order valence-corrected chi connectivity index (χ3v) is 4.45. The summed E-state index contributed by atoms with van der Waals surface area (Å²) < 4.78 is 7.33. The third kappa shape index (κ3) is 3.71. The van der Waals surface area contributed by atoms with Crippen molar-refractivity contribution >= 4 is 17.7 Å². The third-order valence-electron chi connectivity index (χ3n) is 3.48. The van der Waals surface area contributed by atoms with Crippen LogP contribution in [0.4, 0.5) is 0 Å². The van der Waals surface area contributed by atoms with Gasteiger partial charge >= 0.3 is 0 Å². The normalized spacial score (nSPS) is 12.4. The summed E-state index contributed by atoms with van der Waals surface area (Å²) in [6.45, 7) is 8.71. The maximum Gasteiger partial charge on any atom is 0.230 e. The molecule has 0 aliphatic rings. The zero-order valence-corrected chi connectivity index (χ0v) is 14.2. The van der Waals surface area contributed by atoms with Crippen LogP contribution in [0, 0.1) is 6.92 Å². The Balaban J connectivity index is 2.08. The molecule has 0 saturated heterocycles. The van der Waals surface area contributed by atoms with Gasteiger partial charge in [0.05, 0.1) is 17.6 Å². The smallest absolute Gasteiger partial charge is 0.230 e. The average Bonchev–Trinajstić information content (AvgIpc) is 3.10. The molecule has 0 spiro atoms. The summed E-state index contributed by atoms with van der Waals surface area (Å²) in [6.07, 6.45) is 2.57. The summed E-state index contributed by atoms with van der Waals surface area (Å²) in [5.41, 5.74) is 0.935. The van der Waals surface area contributed by atoms with Gasteiger partial charge in [-0.15, -0.1) is 10.2 Å². The topological polar surface area (TPSA) is 73.0 Å². The molecule has 1 N–H and O–H groups in total. The molecule has 0 aliphatic heterocycles. The monoisotopic (exact) mass is 322 g/mol. The number of hydrogen-bond acceptors (Lipinski definition) is 5. The fraction of sp³-hybridized carbons (Fsp3) is 0.533. The Kier molecular flexibility index (Phi) is 5.65. The minimum atomic E-state index is 0.0195. The van der Waals surface area contributed by atoms with E-state index >= 15 is 0 Å². The van der Waals surface area contributed by atoms with Crippen LogP contribution in [0.3, 0.4) is 0 Å². The van der Waals surface area contributed by atoms with Crippen LogP contribution in [-0.2, 0) is 11.3 Å². The van der Waals surface area contributed by atoms with Gasteiger partial charge in [0.15, 0.2) is 11.0 Å². The fourth-order valence-corrected chi connectivity index (χ4v) is 2.86. The lowest BCUT2D eigenvalue weighted by atomic mass is 10.2. The van der Waals surface area contributed by atoms with Gasteiger partial charge in [0.2, 0.25) is 5.91 Å². The largest absolute Gasteiger partial charge is 0.469 e. The van der Waals surface area contributed by atoms with Gasteiger partial charge in [-0.3, -0.25) is 4.79 Å². The van der Waals surface area contributed by atoms with E-state index in [1.54, 1.807) is 6.26 Å². The summed E-state index contributed by atoms with van der Waals surface area (Å²) in [5, 5.41) is 12.2. The van der Waals surface area contributed by atoms with Crippen molar-refractivity contribution < 1.29 is 9.21 Å². The van der Waals surface area contributed by atoms with E-state index in [0.717, 1.165) is 35.3 Å². The second-order valence-electron chi connectivity index (χ2n) is 5.11. The average molecular weight is 322 g/mol. The predicted molar refractivity (Wildman–Crippen MR) is 86.8 cm³/mol. The molecule has 0 bridgehead atoms. The van der Waals surface area contributed by atoms with Gasteiger partial charge in [0.1, 0.15) is 5.76 Å². The number of aryl methyl sites for hydroxylation is 1. The number of thioether (sulfide) groups is 1. The molecule has 1 atom stereocenters. The zero-order chi connectivity index (χ0) is 16.1. The van der Waals surface area contributed by atoms with Crippen LogP contribution in [0.15, 0.2) is 21.9 Å². The summed E-state index contributed by atoms with van der Waals surface area (Å²) in [4.78, 5) is 11.9. The van der Waals surface area contributed by atoms with Crippen LogP contribution < -0.4 is 5.32 Å². The number of aromatic nitrogens is 3. The van der Waals surface area contributed by atoms with Crippen LogP contribution in [0.2, 0.25) is 0 Å². The summed E-state index contributed by atoms with van der Waals surface area (Å²) in [5.74, 6) is 1.95. The Morgan fingerprint density at radius 3 is 2.82 bits per heavy atom. The van der Waals surface area contributed by atoms with Crippen molar-refractivity contribution in [1.82, 2.24) is 20.1 Å². The predicted octanol–water partition coefficient (Wildman–Crippen LogP) is 2.87. The zero-order valence-electron chi connectivity index (χ0n) is 13.4. The SMILES string of the molecule is CC[C@H](C)NC(=O)CSc1nnc(-c2ccoc2C)n1CC. The van der Waals surface area contributed by atoms with Crippen LogP contribution in [-0.4, -0.2) is 32.5 Å². The molecule has 0 radical (unpaired) electrons. The maximum atomic E-state index is 11.9. The number of hydrogen-bond donors (Lipinski definition) is 1. The highest BCUT2D eigenvalue weighted by Crippen LogP contribution is 2.26. The number of furan rings is 1. The van der Waals surface area contributed by atoms with E-state index in [9.17, 15) is 4.79 Å². The maximum absolute atomic E-state index is 11.9. The van der Waals surface area contributed by atoms with Gasteiger partial charge in [-0.1, -0.05) is 18.7 Å². The Bertz CT molecular complexity index is 635. The van der Waals surface area contributed by atoms with E-state index in [-0.39, 0.29) is 11.9 Å². The second-order valence-corrected chi connectivity index (χ2v) is 6.05. The van der Waals surface area contributed by atoms with Crippen LogP contribution >= 0.6 is 11.8 Å². The van der Waals surface area contributed by atoms with Gasteiger partial charge < -0.3 is 14.3 Å². The van der Waals surface area contributed by atoms with Crippen LogP contribution in [0.1, 0.15) is 33.0 Å². The molecule has 2 heterocycles. The number of rotatable bonds is 7. The first-order valence-corrected chi connectivity index (χ1v) is 8.45. The molecule has 0 aliphatic carbocycles. The lowest BCUT2D eigenvalue weighted by molar-refractivity contribution is -0.119. The molecule has 0 fully saturated rings. The van der Waals surface area contributed by atoms with Crippen LogP contribution in [0.25, 0.3) is 11.4 Å². The van der Waals surface area contributed by atoms with Crippen LogP contribution in [0.5, 0.6) is 0 Å².